The molecule has 0 saturated heterocycles. The van der Waals surface area contributed by atoms with Crippen LogP contribution in [0.2, 0.25) is 0 Å². The van der Waals surface area contributed by atoms with Crippen molar-refractivity contribution in [3.05, 3.63) is 59.0 Å². The van der Waals surface area contributed by atoms with Gasteiger partial charge in [0.2, 0.25) is 0 Å². The first-order valence-corrected chi connectivity index (χ1v) is 9.43. The van der Waals surface area contributed by atoms with Crippen molar-refractivity contribution < 1.29 is 23.8 Å². The van der Waals surface area contributed by atoms with Gasteiger partial charge < -0.3 is 9.84 Å². The lowest BCUT2D eigenvalue weighted by Crippen LogP contribution is -2.15. The Morgan fingerprint density at radius 1 is 1.24 bits per heavy atom. The number of ether oxygens (including phenoxy) is 1. The van der Waals surface area contributed by atoms with E-state index in [2.05, 4.69) is 23.6 Å². The minimum absolute atomic E-state index is 0.187. The zero-order chi connectivity index (χ0) is 21.6. The van der Waals surface area contributed by atoms with E-state index in [9.17, 15) is 19.1 Å². The van der Waals surface area contributed by atoms with Crippen LogP contribution in [0.1, 0.15) is 49.4 Å². The number of aliphatic hydroxyl groups excluding tert-OH is 1. The predicted octanol–water partition coefficient (Wildman–Crippen LogP) is 4.22. The second-order valence-corrected chi connectivity index (χ2v) is 7.20. The molecule has 1 atom stereocenters. The van der Waals surface area contributed by atoms with Crippen molar-refractivity contribution in [2.24, 2.45) is 0 Å². The van der Waals surface area contributed by atoms with E-state index in [-0.39, 0.29) is 24.6 Å². The minimum atomic E-state index is -1.05. The Morgan fingerprint density at radius 3 is 2.48 bits per heavy atom. The molecule has 0 fully saturated rings. The number of methoxy groups -OCH3 is 1. The molecule has 1 heterocycles. The first-order valence-electron chi connectivity index (χ1n) is 9.43. The van der Waals surface area contributed by atoms with Crippen LogP contribution in [0.25, 0.3) is 17.3 Å². The summed E-state index contributed by atoms with van der Waals surface area (Å²) < 4.78 is 17.8. The SMILES string of the molecule is COC(=O)CC(=O)CC(O)/C=C/c1c(C(C)C)cc(C)nc1-c1ccc(F)cc1. The Balaban J connectivity index is 2.37. The molecule has 0 bridgehead atoms. The molecule has 0 aliphatic rings. The number of aryl methyl sites for hydroxylation is 1. The fourth-order valence-corrected chi connectivity index (χ4v) is 3.00. The van der Waals surface area contributed by atoms with Gasteiger partial charge in [-0.05, 0) is 48.7 Å². The normalized spacial score (nSPS) is 12.4. The van der Waals surface area contributed by atoms with Crippen LogP contribution in [-0.4, -0.2) is 35.1 Å². The molecule has 0 aliphatic carbocycles. The van der Waals surface area contributed by atoms with E-state index in [1.165, 1.54) is 25.3 Å². The number of carbonyl (C=O) groups is 2. The summed E-state index contributed by atoms with van der Waals surface area (Å²) in [5.41, 5.74) is 4.10. The Bertz CT molecular complexity index is 904. The first kappa shape index (κ1) is 22.4. The molecule has 6 heteroatoms. The van der Waals surface area contributed by atoms with Crippen molar-refractivity contribution in [1.29, 1.82) is 0 Å². The first-order chi connectivity index (χ1) is 13.7. The molecule has 1 unspecified atom stereocenters. The Hall–Kier alpha value is -2.86. The highest BCUT2D eigenvalue weighted by Crippen LogP contribution is 2.31. The number of hydrogen-bond acceptors (Lipinski definition) is 5. The number of ketones is 1. The quantitative estimate of drug-likeness (QED) is 0.531. The van der Waals surface area contributed by atoms with Crippen molar-refractivity contribution in [3.8, 4) is 11.3 Å². The van der Waals surface area contributed by atoms with Crippen molar-refractivity contribution >= 4 is 17.8 Å². The van der Waals surface area contributed by atoms with Crippen molar-refractivity contribution in [2.75, 3.05) is 7.11 Å². The maximum atomic E-state index is 13.3. The second-order valence-electron chi connectivity index (χ2n) is 7.20. The van der Waals surface area contributed by atoms with Crippen molar-refractivity contribution in [2.45, 2.75) is 45.6 Å². The van der Waals surface area contributed by atoms with Gasteiger partial charge in [-0.15, -0.1) is 0 Å². The fraction of sp³-hybridized carbons (Fsp3) is 0.348. The van der Waals surface area contributed by atoms with Gasteiger partial charge >= 0.3 is 5.97 Å². The lowest BCUT2D eigenvalue weighted by atomic mass is 9.92. The standard InChI is InChI=1S/C23H26FNO4/c1-14(2)21-11-15(3)25-23(16-5-7-17(24)8-6-16)20(21)10-9-18(26)12-19(27)13-22(28)29-4/h5-11,14,18,26H,12-13H2,1-4H3/b10-9+. The Labute approximate surface area is 170 Å². The number of carbonyl (C=O) groups excluding carboxylic acids is 2. The maximum absolute atomic E-state index is 13.3. The van der Waals surface area contributed by atoms with Crippen LogP contribution in [0.15, 0.2) is 36.4 Å². The van der Waals surface area contributed by atoms with Crippen LogP contribution < -0.4 is 0 Å². The summed E-state index contributed by atoms with van der Waals surface area (Å²) in [7, 11) is 1.21. The van der Waals surface area contributed by atoms with E-state index < -0.39 is 17.9 Å². The topological polar surface area (TPSA) is 76.5 Å². The highest BCUT2D eigenvalue weighted by atomic mass is 19.1. The summed E-state index contributed by atoms with van der Waals surface area (Å²) in [5, 5.41) is 10.2. The van der Waals surface area contributed by atoms with E-state index >= 15 is 0 Å². The van der Waals surface area contributed by atoms with Gasteiger partial charge in [-0.3, -0.25) is 14.6 Å². The minimum Gasteiger partial charge on any atom is -0.469 e. The molecule has 0 radical (unpaired) electrons. The van der Waals surface area contributed by atoms with E-state index in [0.717, 1.165) is 22.4 Å². The summed E-state index contributed by atoms with van der Waals surface area (Å²) in [6.45, 7) is 6.00. The Morgan fingerprint density at radius 2 is 1.90 bits per heavy atom. The number of rotatable bonds is 8. The number of aliphatic hydroxyl groups is 1. The summed E-state index contributed by atoms with van der Waals surface area (Å²) in [6, 6.07) is 8.06. The maximum Gasteiger partial charge on any atom is 0.313 e. The van der Waals surface area contributed by atoms with Crippen LogP contribution in [0.5, 0.6) is 0 Å². The van der Waals surface area contributed by atoms with E-state index in [1.54, 1.807) is 18.2 Å². The number of pyridine rings is 1. The van der Waals surface area contributed by atoms with Crippen LogP contribution in [0.4, 0.5) is 4.39 Å². The van der Waals surface area contributed by atoms with Gasteiger partial charge in [0.25, 0.3) is 0 Å². The second kappa shape index (κ2) is 10.1. The van der Waals surface area contributed by atoms with Crippen LogP contribution in [0.3, 0.4) is 0 Å². The van der Waals surface area contributed by atoms with Gasteiger partial charge in [0.1, 0.15) is 18.0 Å². The van der Waals surface area contributed by atoms with E-state index in [1.807, 2.05) is 13.0 Å². The number of benzene rings is 1. The van der Waals surface area contributed by atoms with Gasteiger partial charge in [-0.2, -0.15) is 0 Å². The molecule has 0 saturated carbocycles. The number of aromatic nitrogens is 1. The van der Waals surface area contributed by atoms with Crippen LogP contribution in [-0.2, 0) is 14.3 Å². The predicted molar refractivity (Wildman–Crippen MR) is 110 cm³/mol. The highest BCUT2D eigenvalue weighted by molar-refractivity contribution is 5.95. The van der Waals surface area contributed by atoms with E-state index in [4.69, 9.17) is 0 Å². The molecule has 1 aromatic carbocycles. The van der Waals surface area contributed by atoms with Crippen LogP contribution >= 0.6 is 0 Å². The fourth-order valence-electron chi connectivity index (χ4n) is 3.00. The third-order valence-electron chi connectivity index (χ3n) is 4.45. The largest absolute Gasteiger partial charge is 0.469 e. The van der Waals surface area contributed by atoms with Crippen molar-refractivity contribution in [3.63, 3.8) is 0 Å². The molecule has 2 aromatic rings. The van der Waals surface area contributed by atoms with Crippen molar-refractivity contribution in [1.82, 2.24) is 4.98 Å². The number of Topliss-reactive ketones (excluding diaryl/α,β-unsaturated/α-hetero) is 1. The molecule has 0 aliphatic heterocycles. The average Bonchev–Trinajstić information content (AvgIpc) is 2.66. The van der Waals surface area contributed by atoms with Gasteiger partial charge in [0.05, 0.1) is 18.9 Å². The molecule has 1 aromatic heterocycles. The van der Waals surface area contributed by atoms with Gasteiger partial charge in [-0.25, -0.2) is 4.39 Å². The summed E-state index contributed by atoms with van der Waals surface area (Å²) in [6.07, 6.45) is 1.64. The zero-order valence-corrected chi connectivity index (χ0v) is 17.1. The monoisotopic (exact) mass is 399 g/mol. The molecular formula is C23H26FNO4. The third kappa shape index (κ3) is 6.32. The molecule has 5 nitrogen and oxygen atoms in total. The number of hydrogen-bond donors (Lipinski definition) is 1. The van der Waals surface area contributed by atoms with Gasteiger partial charge in [-0.1, -0.05) is 26.0 Å². The number of esters is 1. The van der Waals surface area contributed by atoms with Crippen LogP contribution in [0, 0.1) is 12.7 Å². The Kier molecular flexibility index (Phi) is 7.79. The van der Waals surface area contributed by atoms with Gasteiger partial charge in [0, 0.05) is 23.2 Å². The number of halogens is 1. The third-order valence-corrected chi connectivity index (χ3v) is 4.45. The molecule has 29 heavy (non-hydrogen) atoms. The molecule has 154 valence electrons. The zero-order valence-electron chi connectivity index (χ0n) is 17.1. The number of nitrogens with zero attached hydrogens (tertiary/aromatic N) is 1. The molecule has 0 spiro atoms. The summed E-state index contributed by atoms with van der Waals surface area (Å²) >= 11 is 0. The molecule has 0 amide bonds. The molecular weight excluding hydrogens is 373 g/mol. The van der Waals surface area contributed by atoms with E-state index in [0.29, 0.717) is 5.69 Å². The smallest absolute Gasteiger partial charge is 0.313 e. The summed E-state index contributed by atoms with van der Waals surface area (Å²) in [4.78, 5) is 27.6. The lowest BCUT2D eigenvalue weighted by molar-refractivity contribution is -0.143. The summed E-state index contributed by atoms with van der Waals surface area (Å²) in [5.74, 6) is -1.18. The highest BCUT2D eigenvalue weighted by Gasteiger charge is 2.16. The lowest BCUT2D eigenvalue weighted by Gasteiger charge is -2.16. The molecule has 1 N–H and O–H groups in total. The average molecular weight is 399 g/mol. The van der Waals surface area contributed by atoms with Gasteiger partial charge in [0.15, 0.2) is 0 Å². The molecule has 2 rings (SSSR count).